The van der Waals surface area contributed by atoms with Gasteiger partial charge in [-0.1, -0.05) is 41.1 Å². The molecule has 0 bridgehead atoms. The summed E-state index contributed by atoms with van der Waals surface area (Å²) in [6.45, 7) is 2.87. The van der Waals surface area contributed by atoms with Gasteiger partial charge in [-0.15, -0.1) is 0 Å². The summed E-state index contributed by atoms with van der Waals surface area (Å²) >= 11 is 3.44. The lowest BCUT2D eigenvalue weighted by atomic mass is 9.98. The van der Waals surface area contributed by atoms with E-state index in [0.717, 1.165) is 27.9 Å². The Morgan fingerprint density at radius 3 is 2.45 bits per heavy atom. The molecule has 106 valence electrons. The van der Waals surface area contributed by atoms with Crippen molar-refractivity contribution in [2.24, 2.45) is 0 Å². The average molecular weight is 338 g/mol. The van der Waals surface area contributed by atoms with Crippen LogP contribution in [0.3, 0.4) is 0 Å². The molecular formula is C16H17BrFNO. The predicted octanol–water partition coefficient (Wildman–Crippen LogP) is 4.30. The minimum atomic E-state index is -0.245. The fraction of sp³-hybridized carbons (Fsp3) is 0.250. The van der Waals surface area contributed by atoms with E-state index in [1.54, 1.807) is 13.2 Å². The molecule has 20 heavy (non-hydrogen) atoms. The Morgan fingerprint density at radius 2 is 1.90 bits per heavy atom. The van der Waals surface area contributed by atoms with E-state index in [4.69, 9.17) is 4.74 Å². The van der Waals surface area contributed by atoms with Crippen molar-refractivity contribution in [2.45, 2.75) is 13.0 Å². The van der Waals surface area contributed by atoms with Crippen molar-refractivity contribution in [1.82, 2.24) is 5.32 Å². The number of rotatable bonds is 5. The van der Waals surface area contributed by atoms with Gasteiger partial charge >= 0.3 is 0 Å². The van der Waals surface area contributed by atoms with Crippen molar-refractivity contribution in [2.75, 3.05) is 13.7 Å². The number of nitrogens with one attached hydrogen (secondary N) is 1. The zero-order valence-electron chi connectivity index (χ0n) is 11.5. The molecule has 0 radical (unpaired) electrons. The fourth-order valence-corrected chi connectivity index (χ4v) is 2.72. The number of halogens is 2. The Morgan fingerprint density at radius 1 is 1.20 bits per heavy atom. The van der Waals surface area contributed by atoms with Crippen molar-refractivity contribution < 1.29 is 9.13 Å². The van der Waals surface area contributed by atoms with Crippen LogP contribution in [0.5, 0.6) is 5.75 Å². The van der Waals surface area contributed by atoms with E-state index < -0.39 is 0 Å². The molecule has 0 amide bonds. The van der Waals surface area contributed by atoms with Gasteiger partial charge in [0.2, 0.25) is 0 Å². The summed E-state index contributed by atoms with van der Waals surface area (Å²) in [5, 5.41) is 3.42. The molecule has 1 unspecified atom stereocenters. The fourth-order valence-electron chi connectivity index (χ4n) is 2.14. The van der Waals surface area contributed by atoms with Crippen molar-refractivity contribution in [3.8, 4) is 5.75 Å². The van der Waals surface area contributed by atoms with Crippen LogP contribution in [0.1, 0.15) is 24.1 Å². The molecule has 0 heterocycles. The van der Waals surface area contributed by atoms with Crippen molar-refractivity contribution >= 4 is 15.9 Å². The van der Waals surface area contributed by atoms with Gasteiger partial charge in [-0.05, 0) is 41.9 Å². The summed E-state index contributed by atoms with van der Waals surface area (Å²) in [6, 6.07) is 12.7. The van der Waals surface area contributed by atoms with Crippen LogP contribution in [0.15, 0.2) is 46.9 Å². The van der Waals surface area contributed by atoms with Gasteiger partial charge in [0.15, 0.2) is 0 Å². The smallest absolute Gasteiger partial charge is 0.124 e. The molecule has 2 aromatic rings. The minimum absolute atomic E-state index is 0.0147. The molecule has 1 atom stereocenters. The van der Waals surface area contributed by atoms with Crippen molar-refractivity contribution in [3.05, 3.63) is 63.9 Å². The molecule has 0 saturated heterocycles. The van der Waals surface area contributed by atoms with E-state index in [1.165, 1.54) is 12.1 Å². The summed E-state index contributed by atoms with van der Waals surface area (Å²) in [5.41, 5.74) is 2.12. The number of benzene rings is 2. The van der Waals surface area contributed by atoms with Crippen molar-refractivity contribution in [3.63, 3.8) is 0 Å². The Hall–Kier alpha value is -1.39. The highest BCUT2D eigenvalue weighted by atomic mass is 79.9. The molecule has 0 spiro atoms. The second kappa shape index (κ2) is 6.86. The molecular weight excluding hydrogens is 321 g/mol. The molecule has 0 saturated carbocycles. The number of hydrogen-bond donors (Lipinski definition) is 1. The molecule has 0 aliphatic heterocycles. The molecule has 1 N–H and O–H groups in total. The quantitative estimate of drug-likeness (QED) is 0.878. The van der Waals surface area contributed by atoms with Crippen LogP contribution in [0, 0.1) is 5.82 Å². The molecule has 0 fully saturated rings. The number of ether oxygens (including phenoxy) is 1. The predicted molar refractivity (Wildman–Crippen MR) is 82.6 cm³/mol. The zero-order valence-corrected chi connectivity index (χ0v) is 13.1. The number of hydrogen-bond acceptors (Lipinski definition) is 2. The van der Waals surface area contributed by atoms with E-state index >= 15 is 0 Å². The lowest BCUT2D eigenvalue weighted by Gasteiger charge is -2.20. The van der Waals surface area contributed by atoms with Crippen LogP contribution in [0.4, 0.5) is 4.39 Å². The highest BCUT2D eigenvalue weighted by Crippen LogP contribution is 2.30. The first-order valence-corrected chi connectivity index (χ1v) is 7.27. The van der Waals surface area contributed by atoms with Gasteiger partial charge < -0.3 is 10.1 Å². The summed E-state index contributed by atoms with van der Waals surface area (Å²) in [4.78, 5) is 0. The molecule has 2 rings (SSSR count). The first-order valence-electron chi connectivity index (χ1n) is 6.48. The molecule has 0 aliphatic rings. The maximum Gasteiger partial charge on any atom is 0.124 e. The monoisotopic (exact) mass is 337 g/mol. The summed E-state index contributed by atoms with van der Waals surface area (Å²) in [7, 11) is 1.65. The second-order valence-corrected chi connectivity index (χ2v) is 5.28. The highest BCUT2D eigenvalue weighted by Gasteiger charge is 2.16. The molecule has 0 aliphatic carbocycles. The Kier molecular flexibility index (Phi) is 5.15. The highest BCUT2D eigenvalue weighted by molar-refractivity contribution is 9.10. The van der Waals surface area contributed by atoms with Gasteiger partial charge in [0, 0.05) is 4.47 Å². The summed E-state index contributed by atoms with van der Waals surface area (Å²) < 4.78 is 19.2. The first-order chi connectivity index (χ1) is 9.65. The topological polar surface area (TPSA) is 21.3 Å². The number of methoxy groups -OCH3 is 1. The van der Waals surface area contributed by atoms with E-state index in [-0.39, 0.29) is 11.9 Å². The van der Waals surface area contributed by atoms with E-state index in [9.17, 15) is 4.39 Å². The molecule has 2 nitrogen and oxygen atoms in total. The van der Waals surface area contributed by atoms with Crippen LogP contribution in [0.25, 0.3) is 0 Å². The van der Waals surface area contributed by atoms with Gasteiger partial charge in [0.05, 0.1) is 13.2 Å². The Bertz CT molecular complexity index is 571. The van der Waals surface area contributed by atoms with Crippen molar-refractivity contribution in [1.29, 1.82) is 0 Å². The van der Waals surface area contributed by atoms with Crippen LogP contribution in [-0.2, 0) is 0 Å². The van der Waals surface area contributed by atoms with Crippen LogP contribution < -0.4 is 10.1 Å². The standard InChI is InChI=1S/C16H17BrFNO/c1-3-19-16(11-4-7-13(20-2)8-5-11)14-9-6-12(18)10-15(14)17/h4-10,16,19H,3H2,1-2H3. The van der Waals surface area contributed by atoms with E-state index in [1.807, 2.05) is 31.2 Å². The summed E-state index contributed by atoms with van der Waals surface area (Å²) in [6.07, 6.45) is 0. The van der Waals surface area contributed by atoms with Gasteiger partial charge in [-0.25, -0.2) is 4.39 Å². The third kappa shape index (κ3) is 3.38. The van der Waals surface area contributed by atoms with Gasteiger partial charge in [0.1, 0.15) is 11.6 Å². The normalized spacial score (nSPS) is 12.2. The summed E-state index contributed by atoms with van der Waals surface area (Å²) in [5.74, 6) is 0.577. The van der Waals surface area contributed by atoms with Crippen LogP contribution >= 0.6 is 15.9 Å². The Balaban J connectivity index is 2.38. The Labute approximate surface area is 127 Å². The molecule has 2 aromatic carbocycles. The van der Waals surface area contributed by atoms with Gasteiger partial charge in [-0.2, -0.15) is 0 Å². The van der Waals surface area contributed by atoms with E-state index in [0.29, 0.717) is 0 Å². The lowest BCUT2D eigenvalue weighted by molar-refractivity contribution is 0.414. The average Bonchev–Trinajstić information content (AvgIpc) is 2.46. The third-order valence-electron chi connectivity index (χ3n) is 3.13. The lowest BCUT2D eigenvalue weighted by Crippen LogP contribution is -2.22. The van der Waals surface area contributed by atoms with Gasteiger partial charge in [0.25, 0.3) is 0 Å². The maximum absolute atomic E-state index is 13.2. The van der Waals surface area contributed by atoms with Gasteiger partial charge in [-0.3, -0.25) is 0 Å². The maximum atomic E-state index is 13.2. The van der Waals surface area contributed by atoms with E-state index in [2.05, 4.69) is 21.2 Å². The second-order valence-electron chi connectivity index (χ2n) is 4.43. The zero-order chi connectivity index (χ0) is 14.5. The first kappa shape index (κ1) is 15.0. The largest absolute Gasteiger partial charge is 0.497 e. The van der Waals surface area contributed by atoms with Crippen LogP contribution in [-0.4, -0.2) is 13.7 Å². The minimum Gasteiger partial charge on any atom is -0.497 e. The SMILES string of the molecule is CCNC(c1ccc(OC)cc1)c1ccc(F)cc1Br. The van der Waals surface area contributed by atoms with Crippen LogP contribution in [0.2, 0.25) is 0 Å². The molecule has 0 aromatic heterocycles. The third-order valence-corrected chi connectivity index (χ3v) is 3.82. The molecule has 4 heteroatoms.